The van der Waals surface area contributed by atoms with Crippen LogP contribution >= 0.6 is 0 Å². The first-order valence-corrected chi connectivity index (χ1v) is 11.5. The maximum Gasteiger partial charge on any atom is 0.251 e. The van der Waals surface area contributed by atoms with Gasteiger partial charge in [-0.05, 0) is 69.3 Å². The third kappa shape index (κ3) is 6.05. The molecule has 6 nitrogen and oxygen atoms in total. The highest BCUT2D eigenvalue weighted by Gasteiger charge is 2.32. The Labute approximate surface area is 180 Å². The summed E-state index contributed by atoms with van der Waals surface area (Å²) in [6, 6.07) is 8.01. The molecular formula is C24H37N3O3. The lowest BCUT2D eigenvalue weighted by Gasteiger charge is -2.32. The maximum absolute atomic E-state index is 12.8. The van der Waals surface area contributed by atoms with Crippen LogP contribution in [0.1, 0.15) is 67.3 Å². The first-order chi connectivity index (χ1) is 14.6. The Bertz CT molecular complexity index is 683. The highest BCUT2D eigenvalue weighted by atomic mass is 16.5. The van der Waals surface area contributed by atoms with Crippen LogP contribution in [0.25, 0.3) is 0 Å². The Kier molecular flexibility index (Phi) is 8.70. The Balaban J connectivity index is 1.54. The Hall–Kier alpha value is -1.92. The van der Waals surface area contributed by atoms with Gasteiger partial charge in [0.2, 0.25) is 5.91 Å². The predicted octanol–water partition coefficient (Wildman–Crippen LogP) is 2.94. The number of nitrogens with one attached hydrogen (secondary N) is 2. The summed E-state index contributed by atoms with van der Waals surface area (Å²) in [6.45, 7) is 6.54. The summed E-state index contributed by atoms with van der Waals surface area (Å²) >= 11 is 0. The van der Waals surface area contributed by atoms with Crippen LogP contribution in [0.4, 0.5) is 0 Å². The Morgan fingerprint density at radius 1 is 1.07 bits per heavy atom. The first kappa shape index (κ1) is 22.8. The van der Waals surface area contributed by atoms with Crippen LogP contribution in [0.15, 0.2) is 24.3 Å². The van der Waals surface area contributed by atoms with Gasteiger partial charge in [-0.15, -0.1) is 0 Å². The van der Waals surface area contributed by atoms with Crippen LogP contribution in [0.2, 0.25) is 0 Å². The van der Waals surface area contributed by atoms with Gasteiger partial charge < -0.3 is 20.3 Å². The molecule has 1 saturated heterocycles. The van der Waals surface area contributed by atoms with Crippen LogP contribution in [0.5, 0.6) is 0 Å². The minimum atomic E-state index is -0.120. The Morgan fingerprint density at radius 2 is 1.77 bits per heavy atom. The van der Waals surface area contributed by atoms with Gasteiger partial charge in [-0.25, -0.2) is 0 Å². The largest absolute Gasteiger partial charge is 0.383 e. The molecule has 0 unspecified atom stereocenters. The van der Waals surface area contributed by atoms with E-state index in [1.807, 2.05) is 19.1 Å². The number of ether oxygens (including phenoxy) is 1. The van der Waals surface area contributed by atoms with E-state index < -0.39 is 0 Å². The van der Waals surface area contributed by atoms with Crippen molar-refractivity contribution in [3.63, 3.8) is 0 Å². The van der Waals surface area contributed by atoms with Gasteiger partial charge in [-0.1, -0.05) is 25.0 Å². The molecule has 166 valence electrons. The number of benzene rings is 1. The number of amides is 2. The summed E-state index contributed by atoms with van der Waals surface area (Å²) in [5.41, 5.74) is 1.99. The molecule has 2 amide bonds. The van der Waals surface area contributed by atoms with Crippen molar-refractivity contribution >= 4 is 11.8 Å². The molecule has 0 bridgehead atoms. The molecule has 1 saturated carbocycles. The van der Waals surface area contributed by atoms with Gasteiger partial charge >= 0.3 is 0 Å². The van der Waals surface area contributed by atoms with E-state index in [1.54, 1.807) is 7.11 Å². The standard InChI is InChI=1S/C24H37N3O3/c1-3-25-24(29)21-6-4-5-7-22(21)26-23(28)20-10-8-18(9-11-20)19-12-14-27(15-13-19)16-17-30-2/h8-11,19,21-22H,3-7,12-17H2,1-2H3,(H,25,29)(H,26,28)/t21-,22+/m1/s1. The van der Waals surface area contributed by atoms with Gasteiger partial charge in [0.15, 0.2) is 0 Å². The van der Waals surface area contributed by atoms with Crippen LogP contribution in [0, 0.1) is 5.92 Å². The second kappa shape index (κ2) is 11.5. The second-order valence-corrected chi connectivity index (χ2v) is 8.60. The average Bonchev–Trinajstić information content (AvgIpc) is 2.78. The minimum absolute atomic E-state index is 0.0645. The van der Waals surface area contributed by atoms with Crippen molar-refractivity contribution in [1.82, 2.24) is 15.5 Å². The van der Waals surface area contributed by atoms with Gasteiger partial charge in [-0.3, -0.25) is 9.59 Å². The lowest BCUT2D eigenvalue weighted by molar-refractivity contribution is -0.126. The molecule has 1 aliphatic heterocycles. The van der Waals surface area contributed by atoms with E-state index in [4.69, 9.17) is 4.74 Å². The fourth-order valence-corrected chi connectivity index (χ4v) is 4.79. The molecule has 1 aliphatic carbocycles. The zero-order chi connectivity index (χ0) is 21.3. The summed E-state index contributed by atoms with van der Waals surface area (Å²) < 4.78 is 5.18. The van der Waals surface area contributed by atoms with E-state index in [-0.39, 0.29) is 23.8 Å². The highest BCUT2D eigenvalue weighted by molar-refractivity contribution is 5.95. The molecule has 0 radical (unpaired) electrons. The number of hydrogen-bond donors (Lipinski definition) is 2. The molecule has 2 N–H and O–H groups in total. The topological polar surface area (TPSA) is 70.7 Å². The van der Waals surface area contributed by atoms with Gasteiger partial charge in [-0.2, -0.15) is 0 Å². The van der Waals surface area contributed by atoms with E-state index in [1.165, 1.54) is 5.56 Å². The van der Waals surface area contributed by atoms with E-state index in [0.29, 0.717) is 18.0 Å². The number of hydrogen-bond acceptors (Lipinski definition) is 4. The maximum atomic E-state index is 12.8. The molecule has 2 atom stereocenters. The molecule has 1 aromatic rings. The lowest BCUT2D eigenvalue weighted by Crippen LogP contribution is -2.48. The molecule has 0 aromatic heterocycles. The number of rotatable bonds is 8. The smallest absolute Gasteiger partial charge is 0.251 e. The zero-order valence-electron chi connectivity index (χ0n) is 18.5. The number of carbonyl (C=O) groups is 2. The van der Waals surface area contributed by atoms with E-state index >= 15 is 0 Å². The van der Waals surface area contributed by atoms with Crippen molar-refractivity contribution < 1.29 is 14.3 Å². The van der Waals surface area contributed by atoms with Crippen molar-refractivity contribution in [3.8, 4) is 0 Å². The quantitative estimate of drug-likeness (QED) is 0.685. The molecule has 2 fully saturated rings. The van der Waals surface area contributed by atoms with Crippen molar-refractivity contribution in [1.29, 1.82) is 0 Å². The molecule has 2 aliphatic rings. The van der Waals surface area contributed by atoms with Gasteiger partial charge in [0.1, 0.15) is 0 Å². The summed E-state index contributed by atoms with van der Waals surface area (Å²) in [7, 11) is 1.75. The fourth-order valence-electron chi connectivity index (χ4n) is 4.79. The SMILES string of the molecule is CCNC(=O)[C@@H]1CCCC[C@@H]1NC(=O)c1ccc(C2CCN(CCOC)CC2)cc1. The van der Waals surface area contributed by atoms with E-state index in [0.717, 1.165) is 64.8 Å². The van der Waals surface area contributed by atoms with Crippen LogP contribution in [-0.4, -0.2) is 62.7 Å². The predicted molar refractivity (Wildman–Crippen MR) is 119 cm³/mol. The minimum Gasteiger partial charge on any atom is -0.383 e. The molecule has 6 heteroatoms. The van der Waals surface area contributed by atoms with E-state index in [9.17, 15) is 9.59 Å². The van der Waals surface area contributed by atoms with Crippen molar-refractivity contribution in [2.45, 2.75) is 57.4 Å². The summed E-state index contributed by atoms with van der Waals surface area (Å²) in [5, 5.41) is 6.05. The van der Waals surface area contributed by atoms with Crippen molar-refractivity contribution in [2.75, 3.05) is 39.9 Å². The van der Waals surface area contributed by atoms with Crippen LogP contribution < -0.4 is 10.6 Å². The molecule has 0 spiro atoms. The fraction of sp³-hybridized carbons (Fsp3) is 0.667. The van der Waals surface area contributed by atoms with Crippen LogP contribution in [0.3, 0.4) is 0 Å². The summed E-state index contributed by atoms with van der Waals surface area (Å²) in [4.78, 5) is 27.6. The highest BCUT2D eigenvalue weighted by Crippen LogP contribution is 2.28. The number of methoxy groups -OCH3 is 1. The monoisotopic (exact) mass is 415 g/mol. The molecule has 1 heterocycles. The average molecular weight is 416 g/mol. The number of nitrogens with zero attached hydrogens (tertiary/aromatic N) is 1. The molecule has 30 heavy (non-hydrogen) atoms. The molecular weight excluding hydrogens is 378 g/mol. The zero-order valence-corrected chi connectivity index (χ0v) is 18.5. The summed E-state index contributed by atoms with van der Waals surface area (Å²) in [6.07, 6.45) is 6.11. The Morgan fingerprint density at radius 3 is 2.43 bits per heavy atom. The van der Waals surface area contributed by atoms with Crippen LogP contribution in [-0.2, 0) is 9.53 Å². The lowest BCUT2D eigenvalue weighted by atomic mass is 9.83. The van der Waals surface area contributed by atoms with Crippen molar-refractivity contribution in [3.05, 3.63) is 35.4 Å². The third-order valence-corrected chi connectivity index (χ3v) is 6.61. The van der Waals surface area contributed by atoms with Gasteiger partial charge in [0, 0.05) is 31.8 Å². The number of carbonyl (C=O) groups excluding carboxylic acids is 2. The van der Waals surface area contributed by atoms with Gasteiger partial charge in [0.05, 0.1) is 12.5 Å². The molecule has 1 aromatic carbocycles. The number of piperidine rings is 1. The molecule has 3 rings (SSSR count). The van der Waals surface area contributed by atoms with Crippen molar-refractivity contribution in [2.24, 2.45) is 5.92 Å². The normalized spacial score (nSPS) is 23.1. The third-order valence-electron chi connectivity index (χ3n) is 6.61. The van der Waals surface area contributed by atoms with Gasteiger partial charge in [0.25, 0.3) is 5.91 Å². The second-order valence-electron chi connectivity index (χ2n) is 8.60. The van der Waals surface area contributed by atoms with E-state index in [2.05, 4.69) is 27.7 Å². The summed E-state index contributed by atoms with van der Waals surface area (Å²) in [5.74, 6) is 0.429. The number of likely N-dealkylation sites (tertiary alicyclic amines) is 1. The first-order valence-electron chi connectivity index (χ1n) is 11.5.